The van der Waals surface area contributed by atoms with E-state index in [1.807, 2.05) is 0 Å². The second kappa shape index (κ2) is 21.7. The van der Waals surface area contributed by atoms with E-state index in [-0.39, 0.29) is 32.7 Å². The fraction of sp³-hybridized carbons (Fsp3) is 0.600. The minimum Gasteiger partial charge on any atom is -0.490 e. The Hall–Kier alpha value is -4.14. The number of aliphatic carboxylic acids is 1. The Balaban J connectivity index is 0.000000230. The van der Waals surface area contributed by atoms with Gasteiger partial charge in [0, 0.05) is 26.2 Å². The number of carbonyl (C=O) groups is 2. The highest BCUT2D eigenvalue weighted by molar-refractivity contribution is 5.85. The van der Waals surface area contributed by atoms with E-state index in [0.717, 1.165) is 94.6 Å². The van der Waals surface area contributed by atoms with Gasteiger partial charge in [-0.2, -0.15) is 0 Å². The first-order valence-electron chi connectivity index (χ1n) is 23.2. The number of carboxylic acids is 1. The summed E-state index contributed by atoms with van der Waals surface area (Å²) in [7, 11) is 1.48. The summed E-state index contributed by atoms with van der Waals surface area (Å²) in [6, 6.07) is 26.1. The van der Waals surface area contributed by atoms with Gasteiger partial charge in [0.25, 0.3) is 0 Å². The van der Waals surface area contributed by atoms with E-state index in [0.29, 0.717) is 29.6 Å². The lowest BCUT2D eigenvalue weighted by Crippen LogP contribution is -2.30. The zero-order valence-electron chi connectivity index (χ0n) is 38.1. The third-order valence-corrected chi connectivity index (χ3v) is 14.4. The van der Waals surface area contributed by atoms with Crippen LogP contribution in [0.2, 0.25) is 0 Å². The topological polar surface area (TPSA) is 88.5 Å². The highest BCUT2D eigenvalue weighted by Crippen LogP contribution is 2.40. The summed E-state index contributed by atoms with van der Waals surface area (Å²) >= 11 is 0. The van der Waals surface area contributed by atoms with Crippen molar-refractivity contribution in [2.75, 3.05) is 33.3 Å². The number of nitrogens with zero attached hydrogens (tertiary/aromatic N) is 2. The molecule has 2 aliphatic carbocycles. The minimum atomic E-state index is -0.671. The molecule has 2 heterocycles. The van der Waals surface area contributed by atoms with Crippen molar-refractivity contribution in [2.24, 2.45) is 34.5 Å². The highest BCUT2D eigenvalue weighted by atomic mass is 16.5. The molecule has 2 atom stereocenters. The average molecular weight is 865 g/mol. The van der Waals surface area contributed by atoms with Gasteiger partial charge in [0.05, 0.1) is 31.2 Å². The molecule has 0 aromatic heterocycles. The Morgan fingerprint density at radius 2 is 0.937 bits per heavy atom. The van der Waals surface area contributed by atoms with Gasteiger partial charge in [-0.05, 0) is 169 Å². The fourth-order valence-electron chi connectivity index (χ4n) is 10.4. The number of benzene rings is 4. The molecular weight excluding hydrogens is 785 g/mol. The normalized spacial score (nSPS) is 24.4. The van der Waals surface area contributed by atoms with Crippen LogP contribution >= 0.6 is 0 Å². The number of carboxylic acid groups (broad SMARTS) is 1. The van der Waals surface area contributed by atoms with Crippen LogP contribution in [-0.2, 0) is 27.4 Å². The van der Waals surface area contributed by atoms with Crippen LogP contribution in [0.5, 0.6) is 11.5 Å². The van der Waals surface area contributed by atoms with Crippen LogP contribution in [0.15, 0.2) is 72.8 Å². The number of hydrogen-bond acceptors (Lipinski definition) is 7. The van der Waals surface area contributed by atoms with Crippen molar-refractivity contribution in [2.45, 2.75) is 146 Å². The van der Waals surface area contributed by atoms with Gasteiger partial charge in [-0.1, -0.05) is 92.8 Å². The summed E-state index contributed by atoms with van der Waals surface area (Å²) in [5.41, 5.74) is 3.32. The third-order valence-electron chi connectivity index (χ3n) is 14.4. The summed E-state index contributed by atoms with van der Waals surface area (Å²) < 4.78 is 17.6. The van der Waals surface area contributed by atoms with Crippen LogP contribution < -0.4 is 9.47 Å². The van der Waals surface area contributed by atoms with Gasteiger partial charge in [-0.3, -0.25) is 19.4 Å². The number of rotatable bonds is 10. The number of hydrogen-bond donors (Lipinski definition) is 1. The van der Waals surface area contributed by atoms with Gasteiger partial charge in [0.1, 0.15) is 11.5 Å². The van der Waals surface area contributed by atoms with Crippen LogP contribution in [0.1, 0.15) is 132 Å². The van der Waals surface area contributed by atoms with E-state index in [4.69, 9.17) is 14.2 Å². The first kappa shape index (κ1) is 49.9. The molecule has 2 saturated heterocycles. The molecule has 4 aromatic rings. The Morgan fingerprint density at radius 3 is 1.32 bits per heavy atom. The fourth-order valence-corrected chi connectivity index (χ4v) is 10.4. The molecule has 4 aromatic carbocycles. The van der Waals surface area contributed by atoms with Crippen molar-refractivity contribution < 1.29 is 28.9 Å². The van der Waals surface area contributed by atoms with E-state index >= 15 is 0 Å². The Morgan fingerprint density at radius 1 is 0.556 bits per heavy atom. The number of fused-ring (bicyclic) bond motifs is 2. The standard InChI is InChI=1S/C27H37NO3.C26H35NO3.2CH4/c1-27(2,3)23-8-11-24(12-9-23)31-25-10-7-20-15-19(5-6-21(20)16-25)17-28-14-13-22(18-28)26(29)30-4;1-26(2,3)22-7-10-23(11-8-22)30-24-9-6-19-14-18(4-5-20(19)15-24)16-27-13-12-21(17-27)25(28)29;;/h5-7,10,15-16,22-24H,8-9,11-14,17-18H2,1-4H3;4-6,9,14-15,21-23H,7-8,10-13,16-17H2,1-3H3,(H,28,29);2*1H4. The molecule has 4 fully saturated rings. The van der Waals surface area contributed by atoms with E-state index < -0.39 is 5.97 Å². The van der Waals surface area contributed by atoms with E-state index in [1.165, 1.54) is 65.5 Å². The molecule has 346 valence electrons. The van der Waals surface area contributed by atoms with Gasteiger partial charge < -0.3 is 19.3 Å². The Labute approximate surface area is 380 Å². The second-order valence-corrected chi connectivity index (χ2v) is 20.9. The molecule has 2 aliphatic heterocycles. The molecule has 63 heavy (non-hydrogen) atoms. The van der Waals surface area contributed by atoms with Gasteiger partial charge in [0.2, 0.25) is 0 Å². The number of esters is 1. The van der Waals surface area contributed by atoms with E-state index in [9.17, 15) is 14.7 Å². The number of carbonyl (C=O) groups excluding carboxylic acids is 1. The van der Waals surface area contributed by atoms with Crippen LogP contribution in [-0.4, -0.2) is 72.3 Å². The average Bonchev–Trinajstić information content (AvgIpc) is 3.91. The smallest absolute Gasteiger partial charge is 0.310 e. The zero-order chi connectivity index (χ0) is 43.3. The van der Waals surface area contributed by atoms with E-state index in [2.05, 4.69) is 124 Å². The minimum absolute atomic E-state index is 0. The lowest BCUT2D eigenvalue weighted by molar-refractivity contribution is -0.145. The highest BCUT2D eigenvalue weighted by Gasteiger charge is 2.33. The quantitative estimate of drug-likeness (QED) is 0.158. The lowest BCUT2D eigenvalue weighted by Gasteiger charge is -2.37. The Kier molecular flexibility index (Phi) is 17.2. The van der Waals surface area contributed by atoms with Crippen LogP contribution in [0.25, 0.3) is 21.5 Å². The maximum Gasteiger partial charge on any atom is 0.310 e. The molecule has 8 heteroatoms. The van der Waals surface area contributed by atoms with Crippen LogP contribution in [0.4, 0.5) is 0 Å². The molecule has 0 bridgehead atoms. The summed E-state index contributed by atoms with van der Waals surface area (Å²) in [5, 5.41) is 14.1. The maximum atomic E-state index is 11.8. The molecule has 2 unspecified atom stereocenters. The molecule has 8 nitrogen and oxygen atoms in total. The molecule has 0 amide bonds. The summed E-state index contributed by atoms with van der Waals surface area (Å²) in [4.78, 5) is 27.5. The first-order valence-corrected chi connectivity index (χ1v) is 23.2. The van der Waals surface area contributed by atoms with Crippen molar-refractivity contribution in [3.05, 3.63) is 83.9 Å². The third kappa shape index (κ3) is 13.4. The van der Waals surface area contributed by atoms with Gasteiger partial charge in [-0.25, -0.2) is 0 Å². The van der Waals surface area contributed by atoms with Gasteiger partial charge in [-0.15, -0.1) is 0 Å². The zero-order valence-corrected chi connectivity index (χ0v) is 38.1. The van der Waals surface area contributed by atoms with Crippen molar-refractivity contribution in [3.63, 3.8) is 0 Å². The number of likely N-dealkylation sites (tertiary alicyclic amines) is 2. The molecule has 8 rings (SSSR count). The first-order chi connectivity index (χ1) is 29.1. The molecule has 1 N–H and O–H groups in total. The SMILES string of the molecule is C.C.CC(C)(C)C1CCC(Oc2ccc3cc(CN4CCC(C(=O)O)C4)ccc3c2)CC1.COC(=O)C1CCN(Cc2ccc3cc(OC4CCC(C(C)(C)C)CC4)ccc3c2)C1. The second-order valence-electron chi connectivity index (χ2n) is 20.9. The molecule has 0 spiro atoms. The monoisotopic (exact) mass is 865 g/mol. The largest absolute Gasteiger partial charge is 0.490 e. The summed E-state index contributed by atoms with van der Waals surface area (Å²) in [6.07, 6.45) is 11.9. The van der Waals surface area contributed by atoms with Crippen molar-refractivity contribution in [3.8, 4) is 11.5 Å². The predicted octanol–water partition coefficient (Wildman–Crippen LogP) is 12.8. The molecule has 0 radical (unpaired) electrons. The van der Waals surface area contributed by atoms with Crippen LogP contribution in [0.3, 0.4) is 0 Å². The van der Waals surface area contributed by atoms with Crippen molar-refractivity contribution >= 4 is 33.5 Å². The lowest BCUT2D eigenvalue weighted by atomic mass is 9.72. The molecule has 4 aliphatic rings. The molecular formula is C55H80N2O6. The number of methoxy groups -OCH3 is 1. The van der Waals surface area contributed by atoms with E-state index in [1.54, 1.807) is 0 Å². The summed E-state index contributed by atoms with van der Waals surface area (Å²) in [6.45, 7) is 19.1. The van der Waals surface area contributed by atoms with Crippen molar-refractivity contribution in [1.29, 1.82) is 0 Å². The molecule has 2 saturated carbocycles. The number of ether oxygens (including phenoxy) is 3. The maximum absolute atomic E-state index is 11.8. The van der Waals surface area contributed by atoms with Crippen LogP contribution in [0, 0.1) is 34.5 Å². The predicted molar refractivity (Wildman–Crippen MR) is 259 cm³/mol. The Bertz CT molecular complexity index is 2100. The van der Waals surface area contributed by atoms with Gasteiger partial charge in [0.15, 0.2) is 0 Å². The van der Waals surface area contributed by atoms with Gasteiger partial charge >= 0.3 is 11.9 Å². The summed E-state index contributed by atoms with van der Waals surface area (Å²) in [5.74, 6) is 2.61. The van der Waals surface area contributed by atoms with Crippen molar-refractivity contribution in [1.82, 2.24) is 9.80 Å².